The third-order valence-electron chi connectivity index (χ3n) is 4.06. The highest BCUT2D eigenvalue weighted by atomic mass is 35.5. The Morgan fingerprint density at radius 2 is 2.07 bits per heavy atom. The molecule has 0 aromatic heterocycles. The fourth-order valence-electron chi connectivity index (χ4n) is 2.72. The summed E-state index contributed by atoms with van der Waals surface area (Å²) in [5, 5.41) is 0.864. The summed E-state index contributed by atoms with van der Waals surface area (Å²) in [5.41, 5.74) is 0.113. The van der Waals surface area contributed by atoms with E-state index in [0.29, 0.717) is 40.2 Å². The highest BCUT2D eigenvalue weighted by molar-refractivity contribution is 8.13. The maximum atomic E-state index is 12.9. The van der Waals surface area contributed by atoms with Gasteiger partial charge in [-0.15, -0.1) is 0 Å². The Morgan fingerprint density at radius 3 is 2.79 bits per heavy atom. The molecule has 2 aromatic carbocycles. The number of ether oxygens (including phenoxy) is 1. The largest absolute Gasteiger partial charge is 0.496 e. The summed E-state index contributed by atoms with van der Waals surface area (Å²) in [4.78, 5) is 18.7. The molecule has 0 bridgehead atoms. The van der Waals surface area contributed by atoms with Gasteiger partial charge in [-0.05, 0) is 29.8 Å². The average Bonchev–Trinajstić information content (AvgIpc) is 3.14. The van der Waals surface area contributed by atoms with Gasteiger partial charge in [0.15, 0.2) is 5.17 Å². The van der Waals surface area contributed by atoms with Crippen molar-refractivity contribution < 1.29 is 22.7 Å². The Kier molecular flexibility index (Phi) is 6.20. The Morgan fingerprint density at radius 1 is 1.29 bits per heavy atom. The van der Waals surface area contributed by atoms with Crippen LogP contribution < -0.4 is 4.74 Å². The van der Waals surface area contributed by atoms with Crippen molar-refractivity contribution in [1.29, 1.82) is 0 Å². The summed E-state index contributed by atoms with van der Waals surface area (Å²) < 4.78 is 43.8. The second-order valence-electron chi connectivity index (χ2n) is 5.95. The summed E-state index contributed by atoms with van der Waals surface area (Å²) in [6.45, 7) is 0.818. The summed E-state index contributed by atoms with van der Waals surface area (Å²) in [5.74, 6) is 0.342. The van der Waals surface area contributed by atoms with E-state index in [1.54, 1.807) is 18.2 Å². The third kappa shape index (κ3) is 4.62. The molecule has 0 atom stereocenters. The molecule has 4 nitrogen and oxygen atoms in total. The van der Waals surface area contributed by atoms with Crippen LogP contribution in [0.1, 0.15) is 21.5 Å². The van der Waals surface area contributed by atoms with Gasteiger partial charge in [0, 0.05) is 17.3 Å². The SMILES string of the molecule is COc1ccc(Cl)cc1C(=O)N1CCN=C1SCc1cccc(C(F)(F)F)c1. The summed E-state index contributed by atoms with van der Waals surface area (Å²) in [7, 11) is 1.46. The van der Waals surface area contributed by atoms with Crippen LogP contribution in [-0.2, 0) is 11.9 Å². The number of thioether (sulfide) groups is 1. The molecule has 3 rings (SSSR count). The number of hydrogen-bond donors (Lipinski definition) is 0. The number of amidine groups is 1. The van der Waals surface area contributed by atoms with Gasteiger partial charge in [0.25, 0.3) is 5.91 Å². The lowest BCUT2D eigenvalue weighted by Crippen LogP contribution is -2.33. The van der Waals surface area contributed by atoms with E-state index in [1.807, 2.05) is 0 Å². The number of benzene rings is 2. The van der Waals surface area contributed by atoms with Crippen LogP contribution in [0.5, 0.6) is 5.75 Å². The van der Waals surface area contributed by atoms with E-state index >= 15 is 0 Å². The maximum absolute atomic E-state index is 12.9. The first kappa shape index (κ1) is 20.5. The van der Waals surface area contributed by atoms with Crippen LogP contribution in [0.25, 0.3) is 0 Å². The van der Waals surface area contributed by atoms with Crippen LogP contribution in [0, 0.1) is 0 Å². The molecule has 0 N–H and O–H groups in total. The molecule has 0 spiro atoms. The van der Waals surface area contributed by atoms with E-state index in [-0.39, 0.29) is 11.7 Å². The van der Waals surface area contributed by atoms with E-state index in [4.69, 9.17) is 16.3 Å². The fraction of sp³-hybridized carbons (Fsp3) is 0.263. The maximum Gasteiger partial charge on any atom is 0.416 e. The molecule has 0 radical (unpaired) electrons. The second-order valence-corrected chi connectivity index (χ2v) is 7.33. The molecular formula is C19H16ClF3N2O2S. The summed E-state index contributed by atoms with van der Waals surface area (Å²) in [6.07, 6.45) is -4.39. The molecule has 0 saturated carbocycles. The number of hydrogen-bond acceptors (Lipinski definition) is 4. The number of amides is 1. The monoisotopic (exact) mass is 428 g/mol. The fourth-order valence-corrected chi connectivity index (χ4v) is 3.88. The molecule has 0 saturated heterocycles. The highest BCUT2D eigenvalue weighted by Gasteiger charge is 2.31. The van der Waals surface area contributed by atoms with Gasteiger partial charge >= 0.3 is 6.18 Å². The highest BCUT2D eigenvalue weighted by Crippen LogP contribution is 2.31. The minimum atomic E-state index is -4.39. The molecule has 28 heavy (non-hydrogen) atoms. The van der Waals surface area contributed by atoms with Gasteiger partial charge in [0.2, 0.25) is 0 Å². The molecule has 1 heterocycles. The topological polar surface area (TPSA) is 41.9 Å². The second kappa shape index (κ2) is 8.45. The Bertz CT molecular complexity index is 918. The standard InChI is InChI=1S/C19H16ClF3N2O2S/c1-27-16-6-5-14(20)10-15(16)17(26)25-8-7-24-18(25)28-11-12-3-2-4-13(9-12)19(21,22)23/h2-6,9-10H,7-8,11H2,1H3. The quantitative estimate of drug-likeness (QED) is 0.679. The average molecular weight is 429 g/mol. The van der Waals surface area contributed by atoms with E-state index in [0.717, 1.165) is 12.1 Å². The predicted octanol–water partition coefficient (Wildman–Crippen LogP) is 5.11. The van der Waals surface area contributed by atoms with Gasteiger partial charge in [0.1, 0.15) is 5.75 Å². The van der Waals surface area contributed by atoms with Crippen molar-refractivity contribution in [2.75, 3.05) is 20.2 Å². The normalized spacial score (nSPS) is 14.2. The molecule has 1 amide bonds. The zero-order valence-electron chi connectivity index (χ0n) is 14.8. The van der Waals surface area contributed by atoms with Crippen LogP contribution in [0.4, 0.5) is 13.2 Å². The molecule has 148 valence electrons. The zero-order chi connectivity index (χ0) is 20.3. The summed E-state index contributed by atoms with van der Waals surface area (Å²) in [6, 6.07) is 9.88. The number of halogens is 4. The molecule has 9 heteroatoms. The Labute approximate surface area is 169 Å². The zero-order valence-corrected chi connectivity index (χ0v) is 16.4. The third-order valence-corrected chi connectivity index (χ3v) is 5.38. The van der Waals surface area contributed by atoms with Crippen molar-refractivity contribution in [3.63, 3.8) is 0 Å². The smallest absolute Gasteiger partial charge is 0.416 e. The van der Waals surface area contributed by atoms with E-state index < -0.39 is 11.7 Å². The van der Waals surface area contributed by atoms with Gasteiger partial charge < -0.3 is 4.74 Å². The van der Waals surface area contributed by atoms with Crippen LogP contribution in [0.15, 0.2) is 47.5 Å². The Balaban J connectivity index is 1.74. The van der Waals surface area contributed by atoms with Crippen LogP contribution in [-0.4, -0.2) is 36.2 Å². The van der Waals surface area contributed by atoms with E-state index in [9.17, 15) is 18.0 Å². The van der Waals surface area contributed by atoms with Crippen molar-refractivity contribution in [2.45, 2.75) is 11.9 Å². The van der Waals surface area contributed by atoms with Gasteiger partial charge in [0.05, 0.1) is 24.8 Å². The molecule has 1 aliphatic heterocycles. The number of rotatable bonds is 4. The minimum Gasteiger partial charge on any atom is -0.496 e. The number of alkyl halides is 3. The lowest BCUT2D eigenvalue weighted by molar-refractivity contribution is -0.137. The van der Waals surface area contributed by atoms with Crippen molar-refractivity contribution >= 4 is 34.4 Å². The van der Waals surface area contributed by atoms with Gasteiger partial charge in [-0.3, -0.25) is 14.7 Å². The number of methoxy groups -OCH3 is 1. The molecule has 2 aromatic rings. The van der Waals surface area contributed by atoms with E-state index in [2.05, 4.69) is 4.99 Å². The first-order valence-corrected chi connectivity index (χ1v) is 9.65. The number of nitrogens with zero attached hydrogens (tertiary/aromatic N) is 2. The lowest BCUT2D eigenvalue weighted by atomic mass is 10.1. The molecule has 0 unspecified atom stereocenters. The van der Waals surface area contributed by atoms with Crippen molar-refractivity contribution in [3.05, 3.63) is 64.2 Å². The van der Waals surface area contributed by atoms with Crippen LogP contribution in [0.2, 0.25) is 5.02 Å². The first-order chi connectivity index (χ1) is 13.3. The van der Waals surface area contributed by atoms with Gasteiger partial charge in [-0.1, -0.05) is 41.6 Å². The van der Waals surface area contributed by atoms with Crippen molar-refractivity contribution in [2.24, 2.45) is 4.99 Å². The van der Waals surface area contributed by atoms with Crippen LogP contribution >= 0.6 is 23.4 Å². The van der Waals surface area contributed by atoms with Crippen molar-refractivity contribution in [3.8, 4) is 5.75 Å². The minimum absolute atomic E-state index is 0.263. The molecular weight excluding hydrogens is 413 g/mol. The molecule has 0 fully saturated rings. The van der Waals surface area contributed by atoms with Gasteiger partial charge in [-0.2, -0.15) is 13.2 Å². The lowest BCUT2D eigenvalue weighted by Gasteiger charge is -2.19. The first-order valence-electron chi connectivity index (χ1n) is 8.28. The number of carbonyl (C=O) groups is 1. The predicted molar refractivity (Wildman–Crippen MR) is 104 cm³/mol. The van der Waals surface area contributed by atoms with Gasteiger partial charge in [-0.25, -0.2) is 0 Å². The molecule has 0 aliphatic carbocycles. The Hall–Kier alpha value is -2.19. The summed E-state index contributed by atoms with van der Waals surface area (Å²) >= 11 is 7.22. The number of aliphatic imine (C=N–C) groups is 1. The van der Waals surface area contributed by atoms with Crippen molar-refractivity contribution in [1.82, 2.24) is 4.90 Å². The van der Waals surface area contributed by atoms with Crippen LogP contribution in [0.3, 0.4) is 0 Å². The molecule has 1 aliphatic rings. The number of carbonyl (C=O) groups excluding carboxylic acids is 1. The van der Waals surface area contributed by atoms with E-state index in [1.165, 1.54) is 35.9 Å².